The van der Waals surface area contributed by atoms with E-state index in [2.05, 4.69) is 4.98 Å². The highest BCUT2D eigenvalue weighted by atomic mass is 35.5. The summed E-state index contributed by atoms with van der Waals surface area (Å²) in [6, 6.07) is 5.38. The van der Waals surface area contributed by atoms with E-state index in [-0.39, 0.29) is 0 Å². The van der Waals surface area contributed by atoms with Crippen molar-refractivity contribution in [1.29, 1.82) is 0 Å². The standard InChI is InChI=1S/C20H20Cl2F3NO2/c1-18(2,17(22)19(3,27)20(23,24)25)15-8-12(6-11-4-5-28-16(11)15)13-7-14(21)10-26-9-13/h6-10,17,27H,4-5H2,1-3H3. The largest absolute Gasteiger partial charge is 0.493 e. The van der Waals surface area contributed by atoms with Gasteiger partial charge < -0.3 is 9.84 Å². The van der Waals surface area contributed by atoms with E-state index in [0.717, 1.165) is 16.7 Å². The predicted octanol–water partition coefficient (Wildman–Crippen LogP) is 5.54. The molecule has 3 nitrogen and oxygen atoms in total. The van der Waals surface area contributed by atoms with Gasteiger partial charge >= 0.3 is 6.18 Å². The summed E-state index contributed by atoms with van der Waals surface area (Å²) < 4.78 is 45.9. The topological polar surface area (TPSA) is 42.4 Å². The van der Waals surface area contributed by atoms with Crippen LogP contribution in [0.3, 0.4) is 0 Å². The molecule has 1 aliphatic rings. The molecular weight excluding hydrogens is 414 g/mol. The molecule has 1 aromatic heterocycles. The van der Waals surface area contributed by atoms with E-state index in [0.29, 0.717) is 36.3 Å². The summed E-state index contributed by atoms with van der Waals surface area (Å²) in [4.78, 5) is 4.07. The molecule has 2 atom stereocenters. The maximum absolute atomic E-state index is 13.4. The molecule has 0 saturated carbocycles. The quantitative estimate of drug-likeness (QED) is 0.643. The Morgan fingerprint density at radius 1 is 1.11 bits per heavy atom. The Bertz CT molecular complexity index is 898. The fraction of sp³-hybridized carbons (Fsp3) is 0.450. The van der Waals surface area contributed by atoms with Crippen molar-refractivity contribution in [2.45, 2.75) is 49.8 Å². The Labute approximate surface area is 171 Å². The second-order valence-electron chi connectivity index (χ2n) is 7.73. The number of benzene rings is 1. The number of alkyl halides is 4. The zero-order valence-corrected chi connectivity index (χ0v) is 17.1. The Morgan fingerprint density at radius 2 is 1.79 bits per heavy atom. The van der Waals surface area contributed by atoms with E-state index in [9.17, 15) is 18.3 Å². The van der Waals surface area contributed by atoms with Crippen molar-refractivity contribution in [2.24, 2.45) is 0 Å². The van der Waals surface area contributed by atoms with Crippen LogP contribution in [-0.2, 0) is 11.8 Å². The number of fused-ring (bicyclic) bond motifs is 1. The van der Waals surface area contributed by atoms with E-state index in [1.165, 1.54) is 6.20 Å². The minimum absolute atomic E-state index is 0.429. The molecule has 2 unspecified atom stereocenters. The molecule has 0 aliphatic carbocycles. The molecule has 8 heteroatoms. The maximum Gasteiger partial charge on any atom is 0.418 e. The SMILES string of the molecule is CC(C)(c1cc(-c2cncc(Cl)c2)cc2c1OCC2)C(Cl)C(C)(O)C(F)(F)F. The first kappa shape index (κ1) is 21.2. The predicted molar refractivity (Wildman–Crippen MR) is 103 cm³/mol. The summed E-state index contributed by atoms with van der Waals surface area (Å²) in [5.74, 6) is 0.521. The first-order valence-corrected chi connectivity index (χ1v) is 9.51. The number of rotatable bonds is 4. The molecule has 1 aromatic carbocycles. The maximum atomic E-state index is 13.4. The molecule has 0 bridgehead atoms. The Morgan fingerprint density at radius 3 is 2.39 bits per heavy atom. The van der Waals surface area contributed by atoms with Crippen LogP contribution >= 0.6 is 23.2 Å². The van der Waals surface area contributed by atoms with Crippen LogP contribution in [0.15, 0.2) is 30.6 Å². The summed E-state index contributed by atoms with van der Waals surface area (Å²) in [5, 5.41) is 8.96. The van der Waals surface area contributed by atoms with Crippen molar-refractivity contribution in [2.75, 3.05) is 6.61 Å². The van der Waals surface area contributed by atoms with Gasteiger partial charge in [0, 0.05) is 35.4 Å². The highest BCUT2D eigenvalue weighted by Crippen LogP contribution is 2.49. The van der Waals surface area contributed by atoms with Gasteiger partial charge in [0.05, 0.1) is 17.0 Å². The lowest BCUT2D eigenvalue weighted by molar-refractivity contribution is -0.257. The van der Waals surface area contributed by atoms with Gasteiger partial charge in [0.2, 0.25) is 0 Å². The fourth-order valence-electron chi connectivity index (χ4n) is 3.51. The number of nitrogens with zero attached hydrogens (tertiary/aromatic N) is 1. The number of aromatic nitrogens is 1. The van der Waals surface area contributed by atoms with Gasteiger partial charge in [0.15, 0.2) is 5.60 Å². The lowest BCUT2D eigenvalue weighted by atomic mass is 9.73. The Hall–Kier alpha value is -1.50. The number of pyridine rings is 1. The number of aliphatic hydroxyl groups is 1. The number of halogens is 5. The van der Waals surface area contributed by atoms with Crippen LogP contribution in [0.25, 0.3) is 11.1 Å². The number of ether oxygens (including phenoxy) is 1. The van der Waals surface area contributed by atoms with Gasteiger partial charge in [-0.15, -0.1) is 11.6 Å². The molecule has 0 fully saturated rings. The van der Waals surface area contributed by atoms with Crippen LogP contribution in [0.1, 0.15) is 31.9 Å². The van der Waals surface area contributed by atoms with Crippen LogP contribution in [0.4, 0.5) is 13.2 Å². The molecule has 1 aliphatic heterocycles. The van der Waals surface area contributed by atoms with E-state index in [1.54, 1.807) is 32.2 Å². The molecule has 152 valence electrons. The normalized spacial score (nSPS) is 17.6. The average molecular weight is 434 g/mol. The third kappa shape index (κ3) is 3.58. The summed E-state index contributed by atoms with van der Waals surface area (Å²) in [7, 11) is 0. The zero-order valence-electron chi connectivity index (χ0n) is 15.6. The minimum atomic E-state index is -4.88. The molecule has 0 radical (unpaired) electrons. The first-order valence-electron chi connectivity index (χ1n) is 8.70. The second-order valence-corrected chi connectivity index (χ2v) is 8.60. The van der Waals surface area contributed by atoms with Gasteiger partial charge in [0.25, 0.3) is 0 Å². The third-order valence-electron chi connectivity index (χ3n) is 5.22. The van der Waals surface area contributed by atoms with Crippen LogP contribution in [-0.4, -0.2) is 33.9 Å². The van der Waals surface area contributed by atoms with Gasteiger partial charge in [-0.1, -0.05) is 25.4 Å². The fourth-order valence-corrected chi connectivity index (χ4v) is 3.92. The van der Waals surface area contributed by atoms with Crippen molar-refractivity contribution in [3.05, 3.63) is 46.7 Å². The third-order valence-corrected chi connectivity index (χ3v) is 6.39. The van der Waals surface area contributed by atoms with Crippen LogP contribution in [0.5, 0.6) is 5.75 Å². The van der Waals surface area contributed by atoms with Crippen molar-refractivity contribution in [3.63, 3.8) is 0 Å². The van der Waals surface area contributed by atoms with E-state index in [1.807, 2.05) is 6.07 Å². The number of hydrogen-bond donors (Lipinski definition) is 1. The van der Waals surface area contributed by atoms with Gasteiger partial charge in [0.1, 0.15) is 5.75 Å². The summed E-state index contributed by atoms with van der Waals surface area (Å²) >= 11 is 12.3. The van der Waals surface area contributed by atoms with E-state index >= 15 is 0 Å². The highest BCUT2D eigenvalue weighted by Gasteiger charge is 2.59. The highest BCUT2D eigenvalue weighted by molar-refractivity contribution is 6.30. The molecule has 0 spiro atoms. The molecule has 1 N–H and O–H groups in total. The van der Waals surface area contributed by atoms with Crippen molar-refractivity contribution >= 4 is 23.2 Å². The van der Waals surface area contributed by atoms with Crippen molar-refractivity contribution in [1.82, 2.24) is 4.98 Å². The lowest BCUT2D eigenvalue weighted by Crippen LogP contribution is -2.56. The van der Waals surface area contributed by atoms with Gasteiger partial charge in [-0.05, 0) is 36.2 Å². The zero-order chi connectivity index (χ0) is 20.9. The van der Waals surface area contributed by atoms with E-state index in [4.69, 9.17) is 27.9 Å². The molecule has 0 saturated heterocycles. The lowest BCUT2D eigenvalue weighted by Gasteiger charge is -2.41. The summed E-state index contributed by atoms with van der Waals surface area (Å²) in [6.45, 7) is 4.26. The van der Waals surface area contributed by atoms with Gasteiger partial charge in [-0.3, -0.25) is 4.98 Å². The van der Waals surface area contributed by atoms with Crippen LogP contribution < -0.4 is 4.74 Å². The molecule has 3 rings (SSSR count). The molecular formula is C20H20Cl2F3NO2. The van der Waals surface area contributed by atoms with Crippen molar-refractivity contribution < 1.29 is 23.0 Å². The van der Waals surface area contributed by atoms with Crippen molar-refractivity contribution in [3.8, 4) is 16.9 Å². The van der Waals surface area contributed by atoms with Gasteiger partial charge in [-0.25, -0.2) is 0 Å². The first-order chi connectivity index (χ1) is 12.9. The van der Waals surface area contributed by atoms with Gasteiger partial charge in [-0.2, -0.15) is 13.2 Å². The Balaban J connectivity index is 2.15. The van der Waals surface area contributed by atoms with Crippen LogP contribution in [0.2, 0.25) is 5.02 Å². The van der Waals surface area contributed by atoms with E-state index < -0.39 is 22.6 Å². The molecule has 2 aromatic rings. The molecule has 2 heterocycles. The number of hydrogen-bond acceptors (Lipinski definition) is 3. The smallest absolute Gasteiger partial charge is 0.418 e. The average Bonchev–Trinajstić information content (AvgIpc) is 3.07. The summed E-state index contributed by atoms with van der Waals surface area (Å²) in [5.41, 5.74) is -1.49. The molecule has 28 heavy (non-hydrogen) atoms. The minimum Gasteiger partial charge on any atom is -0.493 e. The summed E-state index contributed by atoms with van der Waals surface area (Å²) in [6.07, 6.45) is -1.12. The second kappa shape index (κ2) is 7.08. The van der Waals surface area contributed by atoms with Crippen LogP contribution in [0, 0.1) is 0 Å². The Kier molecular flexibility index (Phi) is 5.36. The monoisotopic (exact) mass is 433 g/mol. The molecule has 0 amide bonds.